The van der Waals surface area contributed by atoms with Crippen LogP contribution in [0.2, 0.25) is 0 Å². The van der Waals surface area contributed by atoms with E-state index in [0.29, 0.717) is 0 Å². The molecule has 0 radical (unpaired) electrons. The SMILES string of the molecule is C/C(=C\[C@H](C(C)C)N(C)C(=O)CNC(=O)C(C)(C)c1cn(C)c2ccccc12)C(=O)O. The van der Waals surface area contributed by atoms with Crippen molar-refractivity contribution in [3.05, 3.63) is 47.7 Å². The number of carboxylic acids is 1. The number of likely N-dealkylation sites (N-methyl/N-ethyl adjacent to an activating group) is 1. The second-order valence-electron chi connectivity index (χ2n) is 8.87. The van der Waals surface area contributed by atoms with Crippen LogP contribution in [0.15, 0.2) is 42.1 Å². The van der Waals surface area contributed by atoms with Gasteiger partial charge in [0, 0.05) is 36.8 Å². The highest BCUT2D eigenvalue weighted by molar-refractivity contribution is 5.96. The molecule has 0 aliphatic heterocycles. The molecule has 0 saturated carbocycles. The maximum atomic E-state index is 13.0. The standard InChI is InChI=1S/C24H33N3O4/c1-15(2)20(12-16(3)22(29)30)27(7)21(28)13-25-23(31)24(4,5)18-14-26(6)19-11-9-8-10-17(18)19/h8-12,14-15,20H,13H2,1-7H3,(H,25,31)(H,29,30)/b16-12+/t20-/m1/s1. The summed E-state index contributed by atoms with van der Waals surface area (Å²) < 4.78 is 1.99. The van der Waals surface area contributed by atoms with Crippen LogP contribution in [-0.4, -0.2) is 52.0 Å². The second-order valence-corrected chi connectivity index (χ2v) is 8.87. The van der Waals surface area contributed by atoms with E-state index in [1.165, 1.54) is 11.8 Å². The predicted molar refractivity (Wildman–Crippen MR) is 122 cm³/mol. The fourth-order valence-corrected chi connectivity index (χ4v) is 3.71. The number of aryl methyl sites for hydroxylation is 1. The number of nitrogens with zero attached hydrogens (tertiary/aromatic N) is 2. The van der Waals surface area contributed by atoms with Gasteiger partial charge in [-0.2, -0.15) is 0 Å². The first kappa shape index (κ1) is 24.2. The molecular formula is C24H33N3O4. The van der Waals surface area contributed by atoms with Gasteiger partial charge in [-0.05, 0) is 38.3 Å². The van der Waals surface area contributed by atoms with E-state index in [1.807, 2.05) is 69.8 Å². The van der Waals surface area contributed by atoms with Gasteiger partial charge < -0.3 is 19.9 Å². The molecule has 31 heavy (non-hydrogen) atoms. The summed E-state index contributed by atoms with van der Waals surface area (Å²) >= 11 is 0. The summed E-state index contributed by atoms with van der Waals surface area (Å²) in [5.74, 6) is -1.53. The average molecular weight is 428 g/mol. The number of aliphatic carboxylic acids is 1. The van der Waals surface area contributed by atoms with E-state index >= 15 is 0 Å². The molecule has 0 aliphatic rings. The molecular weight excluding hydrogens is 394 g/mol. The Hall–Kier alpha value is -3.09. The van der Waals surface area contributed by atoms with Crippen LogP contribution in [0.25, 0.3) is 10.9 Å². The topological polar surface area (TPSA) is 91.6 Å². The van der Waals surface area contributed by atoms with E-state index in [1.54, 1.807) is 13.1 Å². The lowest BCUT2D eigenvalue weighted by atomic mass is 9.83. The Kier molecular flexibility index (Phi) is 7.31. The zero-order valence-electron chi connectivity index (χ0n) is 19.4. The Morgan fingerprint density at radius 3 is 2.42 bits per heavy atom. The second kappa shape index (κ2) is 9.37. The van der Waals surface area contributed by atoms with Crippen LogP contribution in [0.5, 0.6) is 0 Å². The number of carboxylic acid groups (broad SMARTS) is 1. The van der Waals surface area contributed by atoms with Crippen molar-refractivity contribution in [2.75, 3.05) is 13.6 Å². The molecule has 2 amide bonds. The van der Waals surface area contributed by atoms with Crippen LogP contribution >= 0.6 is 0 Å². The largest absolute Gasteiger partial charge is 0.478 e. The first-order valence-corrected chi connectivity index (χ1v) is 10.4. The fraction of sp³-hybridized carbons (Fsp3) is 0.458. The molecule has 1 atom stereocenters. The number of hydrogen-bond acceptors (Lipinski definition) is 3. The van der Waals surface area contributed by atoms with Gasteiger partial charge in [-0.3, -0.25) is 9.59 Å². The van der Waals surface area contributed by atoms with Gasteiger partial charge in [0.1, 0.15) is 0 Å². The molecule has 1 aromatic carbocycles. The van der Waals surface area contributed by atoms with E-state index < -0.39 is 11.4 Å². The minimum atomic E-state index is -1.02. The molecule has 0 spiro atoms. The highest BCUT2D eigenvalue weighted by Gasteiger charge is 2.33. The predicted octanol–water partition coefficient (Wildman–Crippen LogP) is 3.09. The van der Waals surface area contributed by atoms with Crippen molar-refractivity contribution >= 4 is 28.7 Å². The molecule has 2 N–H and O–H groups in total. The summed E-state index contributed by atoms with van der Waals surface area (Å²) in [6, 6.07) is 7.51. The Balaban J connectivity index is 2.15. The number of amides is 2. The third kappa shape index (κ3) is 5.16. The minimum absolute atomic E-state index is 0.0195. The number of hydrogen-bond donors (Lipinski definition) is 2. The summed E-state index contributed by atoms with van der Waals surface area (Å²) in [5, 5.41) is 12.9. The van der Waals surface area contributed by atoms with Gasteiger partial charge in [0.25, 0.3) is 0 Å². The third-order valence-corrected chi connectivity index (χ3v) is 5.82. The van der Waals surface area contributed by atoms with Crippen LogP contribution < -0.4 is 5.32 Å². The van der Waals surface area contributed by atoms with Crippen LogP contribution in [0.3, 0.4) is 0 Å². The highest BCUT2D eigenvalue weighted by atomic mass is 16.4. The molecule has 168 valence electrons. The minimum Gasteiger partial charge on any atom is -0.478 e. The third-order valence-electron chi connectivity index (χ3n) is 5.82. The van der Waals surface area contributed by atoms with E-state index in [0.717, 1.165) is 16.5 Å². The van der Waals surface area contributed by atoms with E-state index in [2.05, 4.69) is 5.32 Å². The monoisotopic (exact) mass is 427 g/mol. The van der Waals surface area contributed by atoms with Gasteiger partial charge in [-0.15, -0.1) is 0 Å². The maximum absolute atomic E-state index is 13.0. The molecule has 2 rings (SSSR count). The number of carbonyl (C=O) groups excluding carboxylic acids is 2. The molecule has 1 aromatic heterocycles. The van der Waals surface area contributed by atoms with Gasteiger partial charge in [-0.25, -0.2) is 4.79 Å². The number of aromatic nitrogens is 1. The lowest BCUT2D eigenvalue weighted by Gasteiger charge is -2.30. The number of rotatable bonds is 8. The molecule has 0 aliphatic carbocycles. The van der Waals surface area contributed by atoms with Crippen molar-refractivity contribution in [3.8, 4) is 0 Å². The Morgan fingerprint density at radius 2 is 1.84 bits per heavy atom. The number of carbonyl (C=O) groups is 3. The lowest BCUT2D eigenvalue weighted by molar-refractivity contribution is -0.135. The van der Waals surface area contributed by atoms with E-state index in [4.69, 9.17) is 5.11 Å². The van der Waals surface area contributed by atoms with Gasteiger partial charge >= 0.3 is 5.97 Å². The zero-order valence-corrected chi connectivity index (χ0v) is 19.4. The molecule has 0 fully saturated rings. The Morgan fingerprint density at radius 1 is 1.23 bits per heavy atom. The van der Waals surface area contributed by atoms with E-state index in [9.17, 15) is 14.4 Å². The smallest absolute Gasteiger partial charge is 0.331 e. The molecule has 7 nitrogen and oxygen atoms in total. The number of para-hydroxylation sites is 1. The Labute approximate surface area is 183 Å². The lowest BCUT2D eigenvalue weighted by Crippen LogP contribution is -2.48. The van der Waals surface area contributed by atoms with Crippen LogP contribution in [-0.2, 0) is 26.8 Å². The van der Waals surface area contributed by atoms with Crippen LogP contribution in [0.1, 0.15) is 40.2 Å². The normalized spacial score (nSPS) is 13.4. The molecule has 0 saturated heterocycles. The molecule has 0 unspecified atom stereocenters. The van der Waals surface area contributed by atoms with Crippen molar-refractivity contribution in [1.82, 2.24) is 14.8 Å². The quantitative estimate of drug-likeness (QED) is 0.634. The summed E-state index contributed by atoms with van der Waals surface area (Å²) in [7, 11) is 3.57. The van der Waals surface area contributed by atoms with E-state index in [-0.39, 0.29) is 35.9 Å². The maximum Gasteiger partial charge on any atom is 0.331 e. The summed E-state index contributed by atoms with van der Waals surface area (Å²) in [4.78, 5) is 38.5. The average Bonchev–Trinajstić information content (AvgIpc) is 3.06. The zero-order chi connectivity index (χ0) is 23.5. The Bertz CT molecular complexity index is 1020. The van der Waals surface area contributed by atoms with Gasteiger partial charge in [-0.1, -0.05) is 38.1 Å². The van der Waals surface area contributed by atoms with Gasteiger partial charge in [0.2, 0.25) is 11.8 Å². The number of nitrogens with one attached hydrogen (secondary N) is 1. The number of benzene rings is 1. The highest BCUT2D eigenvalue weighted by Crippen LogP contribution is 2.31. The van der Waals surface area contributed by atoms with Crippen molar-refractivity contribution in [2.24, 2.45) is 13.0 Å². The fourth-order valence-electron chi connectivity index (χ4n) is 3.71. The van der Waals surface area contributed by atoms with Crippen LogP contribution in [0, 0.1) is 5.92 Å². The van der Waals surface area contributed by atoms with Crippen molar-refractivity contribution in [3.63, 3.8) is 0 Å². The van der Waals surface area contributed by atoms with Gasteiger partial charge in [0.05, 0.1) is 18.0 Å². The van der Waals surface area contributed by atoms with Crippen molar-refractivity contribution in [1.29, 1.82) is 0 Å². The molecule has 0 bridgehead atoms. The summed E-state index contributed by atoms with van der Waals surface area (Å²) in [6.07, 6.45) is 3.53. The van der Waals surface area contributed by atoms with Gasteiger partial charge in [0.15, 0.2) is 0 Å². The number of fused-ring (bicyclic) bond motifs is 1. The van der Waals surface area contributed by atoms with Crippen LogP contribution in [0.4, 0.5) is 0 Å². The molecule has 1 heterocycles. The molecule has 7 heteroatoms. The summed E-state index contributed by atoms with van der Waals surface area (Å²) in [6.45, 7) is 8.87. The van der Waals surface area contributed by atoms with Crippen molar-refractivity contribution < 1.29 is 19.5 Å². The summed E-state index contributed by atoms with van der Waals surface area (Å²) in [5.41, 5.74) is 1.27. The molecule has 2 aromatic rings. The first-order valence-electron chi connectivity index (χ1n) is 10.4. The first-order chi connectivity index (χ1) is 14.4. The van der Waals surface area contributed by atoms with Crippen molar-refractivity contribution in [2.45, 2.75) is 46.1 Å².